The van der Waals surface area contributed by atoms with Crippen LogP contribution in [-0.4, -0.2) is 77.4 Å². The van der Waals surface area contributed by atoms with E-state index in [9.17, 15) is 14.8 Å². The molecule has 11 heteroatoms. The number of rotatable bonds is 7. The van der Waals surface area contributed by atoms with Crippen molar-refractivity contribution in [3.8, 4) is 0 Å². The lowest BCUT2D eigenvalue weighted by Crippen LogP contribution is -2.62. The lowest BCUT2D eigenvalue weighted by atomic mass is 9.83. The Labute approximate surface area is 193 Å². The minimum absolute atomic E-state index is 0.0999. The van der Waals surface area contributed by atoms with Gasteiger partial charge in [0.25, 0.3) is 0 Å². The first-order valence-corrected chi connectivity index (χ1v) is 11.4. The van der Waals surface area contributed by atoms with E-state index in [4.69, 9.17) is 17.3 Å². The lowest BCUT2D eigenvalue weighted by Gasteiger charge is -2.41. The normalized spacial score (nSPS) is 25.2. The van der Waals surface area contributed by atoms with Gasteiger partial charge in [-0.1, -0.05) is 5.18 Å². The standard InChI is InChI=1S/C21H34ClN7O3/c1-21(2,31)13-5-8-29(9-6-13)16-4-7-24-11-15(16)26-20(30)17(18(23)27-32)19-25-10-14(22)12-28(19)3/h4,7,11,13-14,17-19,25,31H,5-6,8-10,12,23H2,1-3H3,(H,26,30). The second-order valence-electron chi connectivity index (χ2n) is 9.31. The van der Waals surface area contributed by atoms with Gasteiger partial charge in [0.15, 0.2) is 6.17 Å². The first kappa shape index (κ1) is 24.8. The number of hydrogen-bond acceptors (Lipinski definition) is 9. The number of halogens is 1. The Morgan fingerprint density at radius 2 is 2.12 bits per heavy atom. The van der Waals surface area contributed by atoms with Crippen molar-refractivity contribution < 1.29 is 9.90 Å². The van der Waals surface area contributed by atoms with Crippen LogP contribution >= 0.6 is 11.6 Å². The van der Waals surface area contributed by atoms with Crippen molar-refractivity contribution in [1.82, 2.24) is 15.2 Å². The number of nitrogens with one attached hydrogen (secondary N) is 2. The molecule has 4 unspecified atom stereocenters. The van der Waals surface area contributed by atoms with Gasteiger partial charge in [0.05, 0.1) is 34.7 Å². The topological polar surface area (TPSA) is 136 Å². The monoisotopic (exact) mass is 467 g/mol. The number of carbonyl (C=O) groups is 1. The number of hydrogen-bond donors (Lipinski definition) is 4. The summed E-state index contributed by atoms with van der Waals surface area (Å²) in [4.78, 5) is 32.8. The second-order valence-corrected chi connectivity index (χ2v) is 9.93. The van der Waals surface area contributed by atoms with Crippen molar-refractivity contribution in [2.24, 2.45) is 22.7 Å². The van der Waals surface area contributed by atoms with Crippen LogP contribution in [0.3, 0.4) is 0 Å². The van der Waals surface area contributed by atoms with E-state index in [1.807, 2.05) is 31.9 Å². The van der Waals surface area contributed by atoms with Crippen LogP contribution in [0.5, 0.6) is 0 Å². The van der Waals surface area contributed by atoms with Crippen LogP contribution in [0.25, 0.3) is 0 Å². The van der Waals surface area contributed by atoms with E-state index in [0.717, 1.165) is 31.6 Å². The molecule has 2 aliphatic rings. The molecule has 0 spiro atoms. The van der Waals surface area contributed by atoms with Crippen LogP contribution in [0.1, 0.15) is 26.7 Å². The van der Waals surface area contributed by atoms with Crippen LogP contribution in [0.15, 0.2) is 23.6 Å². The van der Waals surface area contributed by atoms with Crippen molar-refractivity contribution >= 4 is 28.9 Å². The van der Waals surface area contributed by atoms with Crippen molar-refractivity contribution in [2.45, 2.75) is 50.0 Å². The maximum atomic E-state index is 13.3. The van der Waals surface area contributed by atoms with Crippen LogP contribution in [0.2, 0.25) is 0 Å². The van der Waals surface area contributed by atoms with E-state index in [-0.39, 0.29) is 11.3 Å². The summed E-state index contributed by atoms with van der Waals surface area (Å²) in [6, 6.07) is 1.86. The van der Waals surface area contributed by atoms with Gasteiger partial charge in [-0.25, -0.2) is 0 Å². The van der Waals surface area contributed by atoms with E-state index in [1.165, 1.54) is 0 Å². The molecule has 0 saturated carbocycles. The molecule has 1 aromatic heterocycles. The molecule has 2 fully saturated rings. The Morgan fingerprint density at radius 1 is 1.44 bits per heavy atom. The fourth-order valence-electron chi connectivity index (χ4n) is 4.65. The molecule has 4 atom stereocenters. The molecule has 3 rings (SSSR count). The number of amides is 1. The number of anilines is 2. The lowest BCUT2D eigenvalue weighted by molar-refractivity contribution is -0.123. The summed E-state index contributed by atoms with van der Waals surface area (Å²) in [6.07, 6.45) is 3.28. The molecule has 5 N–H and O–H groups in total. The number of nitroso groups, excluding NO2 is 1. The van der Waals surface area contributed by atoms with E-state index in [2.05, 4.69) is 25.7 Å². The van der Waals surface area contributed by atoms with Gasteiger partial charge >= 0.3 is 0 Å². The molecule has 1 aromatic rings. The third-order valence-corrected chi connectivity index (χ3v) is 6.82. The predicted octanol–water partition coefficient (Wildman–Crippen LogP) is 1.14. The molecule has 2 aliphatic heterocycles. The number of aromatic nitrogens is 1. The zero-order chi connectivity index (χ0) is 23.5. The Bertz CT molecular complexity index is 798. The van der Waals surface area contributed by atoms with Gasteiger partial charge in [-0.05, 0) is 45.7 Å². The Balaban J connectivity index is 1.76. The van der Waals surface area contributed by atoms with Gasteiger partial charge in [-0.3, -0.25) is 20.0 Å². The van der Waals surface area contributed by atoms with E-state index < -0.39 is 29.8 Å². The highest BCUT2D eigenvalue weighted by Gasteiger charge is 2.40. The summed E-state index contributed by atoms with van der Waals surface area (Å²) in [5.74, 6) is -1.09. The number of aliphatic hydroxyl groups is 1. The van der Waals surface area contributed by atoms with Gasteiger partial charge in [-0.15, -0.1) is 16.5 Å². The third kappa shape index (κ3) is 5.74. The fraction of sp³-hybridized carbons (Fsp3) is 0.714. The van der Waals surface area contributed by atoms with E-state index >= 15 is 0 Å². The molecule has 0 aromatic carbocycles. The largest absolute Gasteiger partial charge is 0.390 e. The van der Waals surface area contributed by atoms with Gasteiger partial charge in [-0.2, -0.15) is 0 Å². The quantitative estimate of drug-likeness (QED) is 0.346. The molecular formula is C21H34ClN7O3. The number of nitrogens with two attached hydrogens (primary N) is 1. The molecule has 10 nitrogen and oxygen atoms in total. The number of carbonyl (C=O) groups excluding carboxylic acids is 1. The molecule has 0 aliphatic carbocycles. The number of pyridine rings is 1. The molecule has 3 heterocycles. The second kappa shape index (κ2) is 10.4. The van der Waals surface area contributed by atoms with Gasteiger partial charge < -0.3 is 21.1 Å². The average molecular weight is 468 g/mol. The van der Waals surface area contributed by atoms with Gasteiger partial charge in [0.2, 0.25) is 5.91 Å². The van der Waals surface area contributed by atoms with E-state index in [0.29, 0.717) is 18.8 Å². The highest BCUT2D eigenvalue weighted by atomic mass is 35.5. The zero-order valence-electron chi connectivity index (χ0n) is 18.9. The SMILES string of the molecule is CN1CC(Cl)CNC1C(C(=O)Nc1cnccc1N1CCC(C(C)(C)O)CC1)C(N)N=O. The van der Waals surface area contributed by atoms with Crippen LogP contribution in [0, 0.1) is 16.7 Å². The maximum Gasteiger partial charge on any atom is 0.234 e. The highest BCUT2D eigenvalue weighted by molar-refractivity contribution is 6.21. The third-order valence-electron chi connectivity index (χ3n) is 6.53. The molecule has 1 amide bonds. The fourth-order valence-corrected chi connectivity index (χ4v) is 4.96. The van der Waals surface area contributed by atoms with Crippen LogP contribution < -0.4 is 21.3 Å². The number of alkyl halides is 1. The highest BCUT2D eigenvalue weighted by Crippen LogP contribution is 2.33. The Morgan fingerprint density at radius 3 is 2.72 bits per heavy atom. The summed E-state index contributed by atoms with van der Waals surface area (Å²) < 4.78 is 0. The van der Waals surface area contributed by atoms with Crippen molar-refractivity contribution in [3.63, 3.8) is 0 Å². The summed E-state index contributed by atoms with van der Waals surface area (Å²) in [6.45, 7) is 6.26. The van der Waals surface area contributed by atoms with Crippen LogP contribution in [0.4, 0.5) is 11.4 Å². The summed E-state index contributed by atoms with van der Waals surface area (Å²) in [5, 5.41) is 19.3. The minimum Gasteiger partial charge on any atom is -0.390 e. The minimum atomic E-state index is -1.22. The van der Waals surface area contributed by atoms with E-state index in [1.54, 1.807) is 12.4 Å². The zero-order valence-corrected chi connectivity index (χ0v) is 19.6. The maximum absolute atomic E-state index is 13.3. The van der Waals surface area contributed by atoms with Crippen molar-refractivity contribution in [3.05, 3.63) is 23.4 Å². The summed E-state index contributed by atoms with van der Waals surface area (Å²) in [7, 11) is 1.83. The average Bonchev–Trinajstić information content (AvgIpc) is 2.75. The molecule has 0 radical (unpaired) electrons. The number of nitrogens with zero attached hydrogens (tertiary/aromatic N) is 4. The smallest absolute Gasteiger partial charge is 0.234 e. The first-order valence-electron chi connectivity index (χ1n) is 11.0. The summed E-state index contributed by atoms with van der Waals surface area (Å²) >= 11 is 6.20. The molecule has 32 heavy (non-hydrogen) atoms. The van der Waals surface area contributed by atoms with Gasteiger partial charge in [0.1, 0.15) is 5.92 Å². The van der Waals surface area contributed by atoms with Crippen molar-refractivity contribution in [1.29, 1.82) is 0 Å². The molecule has 178 valence electrons. The Hall–Kier alpha value is -1.85. The number of piperidine rings is 1. The first-order chi connectivity index (χ1) is 15.1. The van der Waals surface area contributed by atoms with Crippen molar-refractivity contribution in [2.75, 3.05) is 43.4 Å². The summed E-state index contributed by atoms with van der Waals surface area (Å²) in [5.41, 5.74) is 6.63. The predicted molar refractivity (Wildman–Crippen MR) is 125 cm³/mol. The van der Waals surface area contributed by atoms with Crippen LogP contribution in [-0.2, 0) is 4.79 Å². The molecule has 2 saturated heterocycles. The Kier molecular flexibility index (Phi) is 8.05. The molecular weight excluding hydrogens is 434 g/mol. The molecule has 0 bridgehead atoms. The van der Waals surface area contributed by atoms with Gasteiger partial charge in [0, 0.05) is 32.4 Å².